The second-order valence-corrected chi connectivity index (χ2v) is 6.97. The molecule has 21 heavy (non-hydrogen) atoms. The van der Waals surface area contributed by atoms with Crippen molar-refractivity contribution in [1.82, 2.24) is 10.6 Å². The van der Waals surface area contributed by atoms with Crippen molar-refractivity contribution in [3.8, 4) is 0 Å². The number of carbonyl (C=O) groups excluding carboxylic acids is 1. The van der Waals surface area contributed by atoms with E-state index in [1.807, 2.05) is 12.1 Å². The van der Waals surface area contributed by atoms with E-state index in [9.17, 15) is 4.79 Å². The van der Waals surface area contributed by atoms with Crippen LogP contribution in [0.4, 0.5) is 0 Å². The molecule has 0 bridgehead atoms. The topological polar surface area (TPSA) is 41.1 Å². The first-order valence-electron chi connectivity index (χ1n) is 8.24. The first-order valence-corrected chi connectivity index (χ1v) is 8.24. The number of fused-ring (bicyclic) bond motifs is 1. The molecule has 0 spiro atoms. The molecule has 1 saturated carbocycles. The Bertz CT molecular complexity index is 506. The molecule has 0 saturated heterocycles. The van der Waals surface area contributed by atoms with Gasteiger partial charge in [-0.2, -0.15) is 0 Å². The molecule has 3 nitrogen and oxygen atoms in total. The van der Waals surface area contributed by atoms with Crippen molar-refractivity contribution in [2.45, 2.75) is 51.5 Å². The van der Waals surface area contributed by atoms with Crippen LogP contribution in [0.15, 0.2) is 24.3 Å². The summed E-state index contributed by atoms with van der Waals surface area (Å²) in [6.45, 7) is 4.77. The summed E-state index contributed by atoms with van der Waals surface area (Å²) < 4.78 is 0. The van der Waals surface area contributed by atoms with Gasteiger partial charge in [0.15, 0.2) is 0 Å². The van der Waals surface area contributed by atoms with E-state index >= 15 is 0 Å². The number of rotatable bonds is 3. The maximum Gasteiger partial charge on any atom is 0.228 e. The lowest BCUT2D eigenvalue weighted by atomic mass is 9.75. The van der Waals surface area contributed by atoms with E-state index in [2.05, 4.69) is 29.7 Å². The summed E-state index contributed by atoms with van der Waals surface area (Å²) in [6, 6.07) is 8.30. The van der Waals surface area contributed by atoms with Crippen LogP contribution in [0, 0.1) is 5.41 Å². The maximum atomic E-state index is 12.6. The fourth-order valence-corrected chi connectivity index (χ4v) is 3.74. The highest BCUT2D eigenvalue weighted by Gasteiger charge is 2.30. The largest absolute Gasteiger partial charge is 0.355 e. The molecule has 3 heteroatoms. The average molecular weight is 286 g/mol. The highest BCUT2D eigenvalue weighted by atomic mass is 16.1. The van der Waals surface area contributed by atoms with Gasteiger partial charge in [0.25, 0.3) is 0 Å². The van der Waals surface area contributed by atoms with Gasteiger partial charge in [-0.15, -0.1) is 0 Å². The van der Waals surface area contributed by atoms with Gasteiger partial charge < -0.3 is 10.6 Å². The van der Waals surface area contributed by atoms with Crippen molar-refractivity contribution < 1.29 is 4.79 Å². The van der Waals surface area contributed by atoms with Crippen molar-refractivity contribution in [1.29, 1.82) is 0 Å². The van der Waals surface area contributed by atoms with Crippen molar-refractivity contribution in [2.24, 2.45) is 5.41 Å². The Morgan fingerprint density at radius 1 is 1.29 bits per heavy atom. The molecule has 1 atom stereocenters. The lowest BCUT2D eigenvalue weighted by molar-refractivity contribution is -0.123. The summed E-state index contributed by atoms with van der Waals surface area (Å²) in [5.74, 6) is 0.142. The number of hydrogen-bond donors (Lipinski definition) is 2. The molecule has 2 N–H and O–H groups in total. The highest BCUT2D eigenvalue weighted by molar-refractivity contribution is 5.84. The average Bonchev–Trinajstić information content (AvgIpc) is 2.53. The molecule has 1 fully saturated rings. The van der Waals surface area contributed by atoms with Gasteiger partial charge in [-0.05, 0) is 29.4 Å². The normalized spacial score (nSPS) is 24.1. The molecule has 1 aromatic carbocycles. The van der Waals surface area contributed by atoms with Gasteiger partial charge in [0, 0.05) is 19.6 Å². The van der Waals surface area contributed by atoms with E-state index in [0.717, 1.165) is 19.6 Å². The molecule has 1 unspecified atom stereocenters. The first kappa shape index (κ1) is 14.6. The summed E-state index contributed by atoms with van der Waals surface area (Å²) in [5, 5.41) is 6.58. The van der Waals surface area contributed by atoms with Gasteiger partial charge in [0.05, 0.1) is 5.92 Å². The third-order valence-corrected chi connectivity index (χ3v) is 5.16. The predicted octanol–water partition coefficient (Wildman–Crippen LogP) is 2.96. The standard InChI is InChI=1S/C18H26N2O/c1-18(9-5-2-6-10-18)13-20-17(21)16-12-19-11-14-7-3-4-8-15(14)16/h3-4,7-8,16,19H,2,5-6,9-13H2,1H3,(H,20,21). The fourth-order valence-electron chi connectivity index (χ4n) is 3.74. The Kier molecular flexibility index (Phi) is 4.29. The van der Waals surface area contributed by atoms with Crippen LogP contribution in [-0.4, -0.2) is 19.0 Å². The molecule has 2 aliphatic rings. The molecule has 1 aliphatic heterocycles. The van der Waals surface area contributed by atoms with E-state index in [1.165, 1.54) is 43.2 Å². The van der Waals surface area contributed by atoms with Crippen LogP contribution in [0.2, 0.25) is 0 Å². The third-order valence-electron chi connectivity index (χ3n) is 5.16. The van der Waals surface area contributed by atoms with E-state index in [1.54, 1.807) is 0 Å². The Morgan fingerprint density at radius 3 is 2.86 bits per heavy atom. The van der Waals surface area contributed by atoms with Gasteiger partial charge in [-0.3, -0.25) is 4.79 Å². The van der Waals surface area contributed by atoms with Crippen molar-refractivity contribution in [3.05, 3.63) is 35.4 Å². The van der Waals surface area contributed by atoms with E-state index in [-0.39, 0.29) is 11.8 Å². The summed E-state index contributed by atoms with van der Waals surface area (Å²) >= 11 is 0. The van der Waals surface area contributed by atoms with Crippen LogP contribution < -0.4 is 10.6 Å². The Hall–Kier alpha value is -1.35. The summed E-state index contributed by atoms with van der Waals surface area (Å²) in [7, 11) is 0. The van der Waals surface area contributed by atoms with E-state index < -0.39 is 0 Å². The predicted molar refractivity (Wildman–Crippen MR) is 85.1 cm³/mol. The van der Waals surface area contributed by atoms with E-state index in [0.29, 0.717) is 5.41 Å². The van der Waals surface area contributed by atoms with Gasteiger partial charge in [-0.25, -0.2) is 0 Å². The minimum Gasteiger partial charge on any atom is -0.355 e. The monoisotopic (exact) mass is 286 g/mol. The van der Waals surface area contributed by atoms with Gasteiger partial charge in [0.2, 0.25) is 5.91 Å². The lowest BCUT2D eigenvalue weighted by Crippen LogP contribution is -2.43. The van der Waals surface area contributed by atoms with Crippen molar-refractivity contribution >= 4 is 5.91 Å². The fraction of sp³-hybridized carbons (Fsp3) is 0.611. The molecular weight excluding hydrogens is 260 g/mol. The number of benzene rings is 1. The SMILES string of the molecule is CC1(CNC(=O)C2CNCc3ccccc32)CCCCC1. The minimum absolute atomic E-state index is 0.0397. The summed E-state index contributed by atoms with van der Waals surface area (Å²) in [4.78, 5) is 12.6. The molecular formula is C18H26N2O. The number of hydrogen-bond acceptors (Lipinski definition) is 2. The highest BCUT2D eigenvalue weighted by Crippen LogP contribution is 2.35. The zero-order chi connectivity index (χ0) is 14.7. The zero-order valence-electron chi connectivity index (χ0n) is 13.0. The summed E-state index contributed by atoms with van der Waals surface area (Å²) in [6.07, 6.45) is 6.45. The second-order valence-electron chi connectivity index (χ2n) is 6.97. The Labute approximate surface area is 127 Å². The first-order chi connectivity index (χ1) is 10.2. The molecule has 1 aliphatic carbocycles. The molecule has 0 aromatic heterocycles. The molecule has 114 valence electrons. The van der Waals surface area contributed by atoms with Crippen LogP contribution in [-0.2, 0) is 11.3 Å². The third kappa shape index (κ3) is 3.29. The molecule has 1 aromatic rings. The van der Waals surface area contributed by atoms with Gasteiger partial charge in [-0.1, -0.05) is 50.5 Å². The van der Waals surface area contributed by atoms with E-state index in [4.69, 9.17) is 0 Å². The molecule has 1 amide bonds. The Morgan fingerprint density at radius 2 is 2.05 bits per heavy atom. The van der Waals surface area contributed by atoms with Crippen molar-refractivity contribution in [3.63, 3.8) is 0 Å². The number of carbonyl (C=O) groups is 1. The quantitative estimate of drug-likeness (QED) is 0.897. The molecule has 1 heterocycles. The second kappa shape index (κ2) is 6.18. The summed E-state index contributed by atoms with van der Waals surface area (Å²) in [5.41, 5.74) is 2.76. The maximum absolute atomic E-state index is 12.6. The smallest absolute Gasteiger partial charge is 0.228 e. The van der Waals surface area contributed by atoms with Gasteiger partial charge >= 0.3 is 0 Å². The van der Waals surface area contributed by atoms with Crippen LogP contribution >= 0.6 is 0 Å². The Balaban J connectivity index is 1.64. The molecule has 3 rings (SSSR count). The lowest BCUT2D eigenvalue weighted by Gasteiger charge is -2.34. The minimum atomic E-state index is -0.0397. The van der Waals surface area contributed by atoms with Gasteiger partial charge in [0.1, 0.15) is 0 Å². The van der Waals surface area contributed by atoms with Crippen LogP contribution in [0.1, 0.15) is 56.1 Å². The molecule has 0 radical (unpaired) electrons. The van der Waals surface area contributed by atoms with Crippen LogP contribution in [0.3, 0.4) is 0 Å². The van der Waals surface area contributed by atoms with Crippen LogP contribution in [0.25, 0.3) is 0 Å². The zero-order valence-corrected chi connectivity index (χ0v) is 13.0. The number of amides is 1. The van der Waals surface area contributed by atoms with Crippen molar-refractivity contribution in [2.75, 3.05) is 13.1 Å². The number of nitrogens with one attached hydrogen (secondary N) is 2. The van der Waals surface area contributed by atoms with Crippen LogP contribution in [0.5, 0.6) is 0 Å².